The van der Waals surface area contributed by atoms with Gasteiger partial charge in [0, 0.05) is 55.7 Å². The van der Waals surface area contributed by atoms with E-state index in [0.29, 0.717) is 19.7 Å². The van der Waals surface area contributed by atoms with Crippen molar-refractivity contribution in [2.24, 2.45) is 0 Å². The largest absolute Gasteiger partial charge is 0.487 e. The van der Waals surface area contributed by atoms with Crippen LogP contribution in [0.25, 0.3) is 6.08 Å². The van der Waals surface area contributed by atoms with Crippen molar-refractivity contribution < 1.29 is 9.53 Å². The van der Waals surface area contributed by atoms with Crippen molar-refractivity contribution in [3.05, 3.63) is 76.5 Å². The van der Waals surface area contributed by atoms with Crippen molar-refractivity contribution in [2.45, 2.75) is 13.5 Å². The van der Waals surface area contributed by atoms with E-state index in [1.807, 2.05) is 59.7 Å². The Morgan fingerprint density at radius 1 is 1.10 bits per heavy atom. The van der Waals surface area contributed by atoms with E-state index in [-0.39, 0.29) is 5.91 Å². The molecule has 6 nitrogen and oxygen atoms in total. The molecule has 1 aliphatic heterocycles. The average molecular weight is 421 g/mol. The summed E-state index contributed by atoms with van der Waals surface area (Å²) in [4.78, 5) is 25.1. The van der Waals surface area contributed by atoms with Crippen molar-refractivity contribution in [3.63, 3.8) is 0 Å². The van der Waals surface area contributed by atoms with Crippen LogP contribution in [-0.2, 0) is 11.4 Å². The lowest BCUT2D eigenvalue weighted by Gasteiger charge is -2.35. The third-order valence-corrected chi connectivity index (χ3v) is 5.79. The third-order valence-electron chi connectivity index (χ3n) is 4.97. The van der Waals surface area contributed by atoms with E-state index in [0.717, 1.165) is 40.8 Å². The summed E-state index contributed by atoms with van der Waals surface area (Å²) < 4.78 is 5.76. The maximum Gasteiger partial charge on any atom is 0.246 e. The minimum absolute atomic E-state index is 0.0450. The van der Waals surface area contributed by atoms with Crippen LogP contribution in [0.1, 0.15) is 16.3 Å². The number of pyridine rings is 1. The summed E-state index contributed by atoms with van der Waals surface area (Å²) in [6.45, 7) is 5.53. The standard InChI is InChI=1S/C23H24N4O2S/c1-18-25-20(17-30-18)16-29-22-5-2-19(3-6-22)4-7-23(28)27-14-12-26(13-15-27)21-8-10-24-11-9-21/h2-11,17H,12-16H2,1H3/b7-4+. The van der Waals surface area contributed by atoms with E-state index >= 15 is 0 Å². The first-order chi connectivity index (χ1) is 14.7. The minimum atomic E-state index is 0.0450. The van der Waals surface area contributed by atoms with E-state index in [9.17, 15) is 4.79 Å². The monoisotopic (exact) mass is 420 g/mol. The Kier molecular flexibility index (Phi) is 6.39. The van der Waals surface area contributed by atoms with Gasteiger partial charge in [0.05, 0.1) is 10.7 Å². The Morgan fingerprint density at radius 3 is 2.50 bits per heavy atom. The van der Waals surface area contributed by atoms with Crippen molar-refractivity contribution in [3.8, 4) is 5.75 Å². The van der Waals surface area contributed by atoms with E-state index in [4.69, 9.17) is 4.74 Å². The molecule has 1 amide bonds. The molecule has 154 valence electrons. The van der Waals surface area contributed by atoms with E-state index in [1.54, 1.807) is 29.8 Å². The predicted molar refractivity (Wildman–Crippen MR) is 120 cm³/mol. The molecule has 0 bridgehead atoms. The number of amides is 1. The van der Waals surface area contributed by atoms with Crippen molar-refractivity contribution in [1.82, 2.24) is 14.9 Å². The first kappa shape index (κ1) is 20.1. The molecule has 1 saturated heterocycles. The molecule has 30 heavy (non-hydrogen) atoms. The zero-order valence-electron chi connectivity index (χ0n) is 16.9. The zero-order valence-corrected chi connectivity index (χ0v) is 17.7. The summed E-state index contributed by atoms with van der Waals surface area (Å²) in [5.41, 5.74) is 3.06. The van der Waals surface area contributed by atoms with Gasteiger partial charge in [-0.15, -0.1) is 11.3 Å². The number of nitrogens with zero attached hydrogens (tertiary/aromatic N) is 4. The Labute approximate surface area is 180 Å². The molecule has 0 saturated carbocycles. The first-order valence-corrected chi connectivity index (χ1v) is 10.8. The SMILES string of the molecule is Cc1nc(COc2ccc(/C=C/C(=O)N3CCN(c4ccncc4)CC3)cc2)cs1. The number of anilines is 1. The molecule has 3 heterocycles. The van der Waals surface area contributed by atoms with Crippen LogP contribution in [0.4, 0.5) is 5.69 Å². The van der Waals surface area contributed by atoms with E-state index in [2.05, 4.69) is 14.9 Å². The van der Waals surface area contributed by atoms with Crippen LogP contribution < -0.4 is 9.64 Å². The highest BCUT2D eigenvalue weighted by molar-refractivity contribution is 7.09. The van der Waals surface area contributed by atoms with Crippen LogP contribution in [0.5, 0.6) is 5.75 Å². The number of hydrogen-bond acceptors (Lipinski definition) is 6. The van der Waals surface area contributed by atoms with Gasteiger partial charge in [-0.1, -0.05) is 12.1 Å². The molecule has 1 fully saturated rings. The van der Waals surface area contributed by atoms with Gasteiger partial charge in [0.2, 0.25) is 5.91 Å². The van der Waals surface area contributed by atoms with Gasteiger partial charge in [-0.2, -0.15) is 0 Å². The normalized spacial score (nSPS) is 14.3. The number of carbonyl (C=O) groups excluding carboxylic acids is 1. The number of hydrogen-bond donors (Lipinski definition) is 0. The number of benzene rings is 1. The van der Waals surface area contributed by atoms with Crippen LogP contribution in [-0.4, -0.2) is 47.0 Å². The molecule has 3 aromatic rings. The van der Waals surface area contributed by atoms with Crippen LogP contribution >= 0.6 is 11.3 Å². The molecule has 7 heteroatoms. The maximum absolute atomic E-state index is 12.5. The Balaban J connectivity index is 1.26. The molecule has 1 aliphatic rings. The summed E-state index contributed by atoms with van der Waals surface area (Å²) in [6, 6.07) is 11.7. The molecule has 0 aliphatic carbocycles. The number of rotatable bonds is 6. The van der Waals surface area contributed by atoms with Crippen molar-refractivity contribution in [2.75, 3.05) is 31.1 Å². The molecule has 2 aromatic heterocycles. The number of aromatic nitrogens is 2. The summed E-state index contributed by atoms with van der Waals surface area (Å²) in [5.74, 6) is 0.833. The van der Waals surface area contributed by atoms with Gasteiger partial charge >= 0.3 is 0 Å². The summed E-state index contributed by atoms with van der Waals surface area (Å²) in [6.07, 6.45) is 7.10. The quantitative estimate of drug-likeness (QED) is 0.568. The number of carbonyl (C=O) groups is 1. The average Bonchev–Trinajstić information content (AvgIpc) is 3.22. The van der Waals surface area contributed by atoms with Crippen LogP contribution in [0.15, 0.2) is 60.2 Å². The fourth-order valence-electron chi connectivity index (χ4n) is 3.32. The van der Waals surface area contributed by atoms with Gasteiger partial charge in [0.15, 0.2) is 0 Å². The highest BCUT2D eigenvalue weighted by Crippen LogP contribution is 2.17. The lowest BCUT2D eigenvalue weighted by Crippen LogP contribution is -2.48. The van der Waals surface area contributed by atoms with Gasteiger partial charge in [-0.3, -0.25) is 9.78 Å². The van der Waals surface area contributed by atoms with Gasteiger partial charge < -0.3 is 14.5 Å². The fraction of sp³-hybridized carbons (Fsp3) is 0.261. The molecule has 0 unspecified atom stereocenters. The minimum Gasteiger partial charge on any atom is -0.487 e. The number of aryl methyl sites for hydroxylation is 1. The highest BCUT2D eigenvalue weighted by atomic mass is 32.1. The molecule has 4 rings (SSSR count). The Morgan fingerprint density at radius 2 is 1.83 bits per heavy atom. The maximum atomic E-state index is 12.5. The zero-order chi connectivity index (χ0) is 20.8. The second kappa shape index (κ2) is 9.54. The van der Waals surface area contributed by atoms with Gasteiger partial charge in [-0.25, -0.2) is 4.98 Å². The van der Waals surface area contributed by atoms with Gasteiger partial charge in [-0.05, 0) is 42.8 Å². The lowest BCUT2D eigenvalue weighted by atomic mass is 10.2. The second-order valence-electron chi connectivity index (χ2n) is 7.07. The first-order valence-electron chi connectivity index (χ1n) is 9.93. The van der Waals surface area contributed by atoms with Crippen LogP contribution in [0.2, 0.25) is 0 Å². The predicted octanol–water partition coefficient (Wildman–Crippen LogP) is 3.79. The van der Waals surface area contributed by atoms with E-state index in [1.165, 1.54) is 0 Å². The van der Waals surface area contributed by atoms with Gasteiger partial charge in [0.25, 0.3) is 0 Å². The molecule has 0 atom stereocenters. The molecule has 0 spiro atoms. The smallest absolute Gasteiger partial charge is 0.246 e. The van der Waals surface area contributed by atoms with Crippen LogP contribution in [0.3, 0.4) is 0 Å². The molecular formula is C23H24N4O2S. The molecule has 0 N–H and O–H groups in total. The molecule has 1 aromatic carbocycles. The summed E-state index contributed by atoms with van der Waals surface area (Å²) in [7, 11) is 0. The third kappa shape index (κ3) is 5.24. The lowest BCUT2D eigenvalue weighted by molar-refractivity contribution is -0.126. The number of thiazole rings is 1. The van der Waals surface area contributed by atoms with E-state index < -0.39 is 0 Å². The fourth-order valence-corrected chi connectivity index (χ4v) is 3.92. The molecule has 0 radical (unpaired) electrons. The van der Waals surface area contributed by atoms with Gasteiger partial charge in [0.1, 0.15) is 12.4 Å². The van der Waals surface area contributed by atoms with Crippen LogP contribution in [0, 0.1) is 6.92 Å². The summed E-state index contributed by atoms with van der Waals surface area (Å²) in [5, 5.41) is 3.05. The number of piperazine rings is 1. The Bertz CT molecular complexity index is 994. The number of ether oxygens (including phenoxy) is 1. The van der Waals surface area contributed by atoms with Crippen molar-refractivity contribution in [1.29, 1.82) is 0 Å². The second-order valence-corrected chi connectivity index (χ2v) is 8.13. The Hall–Kier alpha value is -3.19. The summed E-state index contributed by atoms with van der Waals surface area (Å²) >= 11 is 1.62. The topological polar surface area (TPSA) is 58.6 Å². The highest BCUT2D eigenvalue weighted by Gasteiger charge is 2.19. The van der Waals surface area contributed by atoms with Crippen molar-refractivity contribution >= 4 is 29.0 Å². The molecular weight excluding hydrogens is 396 g/mol.